The smallest absolute Gasteiger partial charge is 0.416 e. The van der Waals surface area contributed by atoms with E-state index < -0.39 is 11.7 Å². The number of hydrogen-bond acceptors (Lipinski definition) is 6. The minimum absolute atomic E-state index is 0.0371. The lowest BCUT2D eigenvalue weighted by Crippen LogP contribution is -2.53. The fraction of sp³-hybridized carbons (Fsp3) is 0.500. The van der Waals surface area contributed by atoms with E-state index in [2.05, 4.69) is 32.4 Å². The number of nitrogens with one attached hydrogen (secondary N) is 2. The largest absolute Gasteiger partial charge is 0.453 e. The molecule has 2 aromatic carbocycles. The fourth-order valence-electron chi connectivity index (χ4n) is 5.10. The number of amides is 1. The Morgan fingerprint density at radius 2 is 1.67 bits per heavy atom. The number of piperazine rings is 1. The van der Waals surface area contributed by atoms with Crippen molar-refractivity contribution in [1.82, 2.24) is 20.0 Å². The van der Waals surface area contributed by atoms with E-state index in [0.717, 1.165) is 69.8 Å². The van der Waals surface area contributed by atoms with Gasteiger partial charge in [0.1, 0.15) is 0 Å². The van der Waals surface area contributed by atoms with Crippen molar-refractivity contribution in [1.29, 1.82) is 0 Å². The van der Waals surface area contributed by atoms with Crippen molar-refractivity contribution in [2.75, 3.05) is 58.2 Å². The molecular weight excluding hydrogens is 471 g/mol. The number of hydrogen-bond donors (Lipinski definition) is 2. The van der Waals surface area contributed by atoms with Crippen molar-refractivity contribution in [3.05, 3.63) is 47.5 Å². The fourth-order valence-corrected chi connectivity index (χ4v) is 5.10. The average Bonchev–Trinajstić information content (AvgIpc) is 2.86. The summed E-state index contributed by atoms with van der Waals surface area (Å²) in [5.74, 6) is 0.517. The number of benzene rings is 2. The minimum atomic E-state index is -4.44. The predicted octanol–water partition coefficient (Wildman–Crippen LogP) is 3.88. The molecule has 0 radical (unpaired) electrons. The molecule has 0 spiro atoms. The molecule has 2 N–H and O–H groups in total. The van der Waals surface area contributed by atoms with Gasteiger partial charge in [0.15, 0.2) is 11.5 Å². The lowest BCUT2D eigenvalue weighted by atomic mass is 10.0. The van der Waals surface area contributed by atoms with Gasteiger partial charge in [0.2, 0.25) is 5.91 Å². The quantitative estimate of drug-likeness (QED) is 0.551. The van der Waals surface area contributed by atoms with Gasteiger partial charge in [-0.1, -0.05) is 6.07 Å². The lowest BCUT2D eigenvalue weighted by Gasteiger charge is -2.41. The molecule has 3 aliphatic heterocycles. The second-order valence-corrected chi connectivity index (χ2v) is 9.89. The minimum Gasteiger partial charge on any atom is -0.453 e. The van der Waals surface area contributed by atoms with Gasteiger partial charge >= 0.3 is 6.18 Å². The highest BCUT2D eigenvalue weighted by molar-refractivity contribution is 5.78. The molecule has 0 unspecified atom stereocenters. The third-order valence-electron chi connectivity index (χ3n) is 7.31. The third-order valence-corrected chi connectivity index (χ3v) is 7.31. The number of likely N-dealkylation sites (N-methyl/N-ethyl adjacent to an activating group) is 1. The molecule has 3 heterocycles. The number of carbonyl (C=O) groups excluding carboxylic acids is 1. The topological polar surface area (TPSA) is 60.1 Å². The highest BCUT2D eigenvalue weighted by Crippen LogP contribution is 2.44. The number of ether oxygens (including phenoxy) is 1. The SMILES string of the molecule is CN1CCN(C2CCN(CC(=O)NCc3ccc4c(c3)Oc3cc(C(F)(F)F)ccc3N4)CC2)CC1. The Bertz CT molecular complexity index is 1090. The first kappa shape index (κ1) is 24.9. The Kier molecular flexibility index (Phi) is 7.09. The maximum Gasteiger partial charge on any atom is 0.416 e. The number of piperidine rings is 1. The first-order valence-electron chi connectivity index (χ1n) is 12.5. The second-order valence-electron chi connectivity index (χ2n) is 9.89. The highest BCUT2D eigenvalue weighted by atomic mass is 19.4. The van der Waals surface area contributed by atoms with Crippen LogP contribution in [0.5, 0.6) is 11.5 Å². The zero-order valence-corrected chi connectivity index (χ0v) is 20.4. The first-order chi connectivity index (χ1) is 17.2. The summed E-state index contributed by atoms with van der Waals surface area (Å²) < 4.78 is 44.9. The summed E-state index contributed by atoms with van der Waals surface area (Å²) in [5, 5.41) is 6.06. The van der Waals surface area contributed by atoms with Crippen molar-refractivity contribution < 1.29 is 22.7 Å². The van der Waals surface area contributed by atoms with Crippen molar-refractivity contribution in [2.45, 2.75) is 31.6 Å². The monoisotopic (exact) mass is 503 g/mol. The average molecular weight is 504 g/mol. The normalized spacial score (nSPS) is 19.7. The van der Waals surface area contributed by atoms with E-state index in [4.69, 9.17) is 4.74 Å². The number of halogens is 3. The molecule has 0 aromatic heterocycles. The van der Waals surface area contributed by atoms with Crippen molar-refractivity contribution in [3.63, 3.8) is 0 Å². The van der Waals surface area contributed by atoms with Gasteiger partial charge in [-0.25, -0.2) is 0 Å². The number of fused-ring (bicyclic) bond motifs is 2. The van der Waals surface area contributed by atoms with Crippen LogP contribution >= 0.6 is 0 Å². The van der Waals surface area contributed by atoms with Crippen LogP contribution in [-0.2, 0) is 17.5 Å². The van der Waals surface area contributed by atoms with E-state index in [9.17, 15) is 18.0 Å². The van der Waals surface area contributed by atoms with Gasteiger partial charge in [-0.05, 0) is 55.8 Å². The van der Waals surface area contributed by atoms with Gasteiger partial charge in [0.25, 0.3) is 0 Å². The standard InChI is InChI=1S/C26H32F3N5O2/c1-32-10-12-34(13-11-32)20-6-8-33(9-7-20)17-25(35)30-16-18-2-4-21-23(14-18)36-24-15-19(26(27,28)29)3-5-22(24)31-21/h2-5,14-15,20,31H,6-13,16-17H2,1H3,(H,30,35). The van der Waals surface area contributed by atoms with Crippen molar-refractivity contribution >= 4 is 17.3 Å². The van der Waals surface area contributed by atoms with E-state index >= 15 is 0 Å². The van der Waals surface area contributed by atoms with E-state index in [1.807, 2.05) is 6.07 Å². The Labute approximate surface area is 209 Å². The number of alkyl halides is 3. The van der Waals surface area contributed by atoms with Gasteiger partial charge in [0, 0.05) is 51.9 Å². The second kappa shape index (κ2) is 10.3. The third kappa shape index (κ3) is 5.77. The summed E-state index contributed by atoms with van der Waals surface area (Å²) in [6.07, 6.45) is -2.27. The van der Waals surface area contributed by atoms with Crippen LogP contribution in [0, 0.1) is 0 Å². The van der Waals surface area contributed by atoms with Crippen LogP contribution in [0.2, 0.25) is 0 Å². The van der Waals surface area contributed by atoms with Crippen LogP contribution in [0.15, 0.2) is 36.4 Å². The molecule has 7 nitrogen and oxygen atoms in total. The highest BCUT2D eigenvalue weighted by Gasteiger charge is 2.32. The molecule has 2 saturated heterocycles. The maximum absolute atomic E-state index is 13.1. The molecular formula is C26H32F3N5O2. The summed E-state index contributed by atoms with van der Waals surface area (Å²) >= 11 is 0. The number of rotatable bonds is 5. The zero-order chi connectivity index (χ0) is 25.3. The Morgan fingerprint density at radius 3 is 2.36 bits per heavy atom. The van der Waals surface area contributed by atoms with E-state index in [0.29, 0.717) is 36.3 Å². The van der Waals surface area contributed by atoms with Gasteiger partial charge in [-0.2, -0.15) is 13.2 Å². The van der Waals surface area contributed by atoms with Gasteiger partial charge < -0.3 is 20.3 Å². The number of anilines is 2. The van der Waals surface area contributed by atoms with E-state index in [1.165, 1.54) is 6.07 Å². The molecule has 36 heavy (non-hydrogen) atoms. The Hall–Kier alpha value is -2.82. The molecule has 0 saturated carbocycles. The molecule has 194 valence electrons. The molecule has 2 fully saturated rings. The van der Waals surface area contributed by atoms with Crippen LogP contribution < -0.4 is 15.4 Å². The van der Waals surface area contributed by atoms with Gasteiger partial charge in [0.05, 0.1) is 23.5 Å². The molecule has 0 atom stereocenters. The molecule has 2 aromatic rings. The summed E-state index contributed by atoms with van der Waals surface area (Å²) in [4.78, 5) is 19.7. The van der Waals surface area contributed by atoms with Crippen LogP contribution in [-0.4, -0.2) is 79.5 Å². The molecule has 3 aliphatic rings. The number of likely N-dealkylation sites (tertiary alicyclic amines) is 1. The number of carbonyl (C=O) groups is 1. The summed E-state index contributed by atoms with van der Waals surface area (Å²) in [5.41, 5.74) is 1.20. The lowest BCUT2D eigenvalue weighted by molar-refractivity contribution is -0.137. The van der Waals surface area contributed by atoms with Crippen LogP contribution in [0.3, 0.4) is 0 Å². The predicted molar refractivity (Wildman–Crippen MR) is 132 cm³/mol. The molecule has 5 rings (SSSR count). The summed E-state index contributed by atoms with van der Waals surface area (Å²) in [6.45, 7) is 7.01. The number of nitrogens with zero attached hydrogens (tertiary/aromatic N) is 3. The van der Waals surface area contributed by atoms with Crippen molar-refractivity contribution in [2.24, 2.45) is 0 Å². The molecule has 10 heteroatoms. The Balaban J connectivity index is 1.10. The molecule has 1 amide bonds. The van der Waals surface area contributed by atoms with Crippen molar-refractivity contribution in [3.8, 4) is 11.5 Å². The maximum atomic E-state index is 13.1. The van der Waals surface area contributed by atoms with Crippen LogP contribution in [0.4, 0.5) is 24.5 Å². The molecule has 0 bridgehead atoms. The van der Waals surface area contributed by atoms with Crippen LogP contribution in [0.1, 0.15) is 24.0 Å². The van der Waals surface area contributed by atoms with Gasteiger partial charge in [-0.3, -0.25) is 14.6 Å². The van der Waals surface area contributed by atoms with Gasteiger partial charge in [-0.15, -0.1) is 0 Å². The molecule has 0 aliphatic carbocycles. The zero-order valence-electron chi connectivity index (χ0n) is 20.4. The summed E-state index contributed by atoms with van der Waals surface area (Å²) in [6, 6.07) is 9.41. The van der Waals surface area contributed by atoms with E-state index in [1.54, 1.807) is 12.1 Å². The van der Waals surface area contributed by atoms with Crippen LogP contribution in [0.25, 0.3) is 0 Å². The summed E-state index contributed by atoms with van der Waals surface area (Å²) in [7, 11) is 2.17. The Morgan fingerprint density at radius 1 is 1.00 bits per heavy atom. The van der Waals surface area contributed by atoms with E-state index in [-0.39, 0.29) is 11.7 Å². The first-order valence-corrected chi connectivity index (χ1v) is 12.5.